The highest BCUT2D eigenvalue weighted by Crippen LogP contribution is 2.52. The fourth-order valence-corrected chi connectivity index (χ4v) is 3.71. The van der Waals surface area contributed by atoms with Gasteiger partial charge in [-0.1, -0.05) is 37.8 Å². The highest BCUT2D eigenvalue weighted by molar-refractivity contribution is 6.17. The van der Waals surface area contributed by atoms with Gasteiger partial charge in [-0.15, -0.1) is 0 Å². The Kier molecular flexibility index (Phi) is 5.11. The number of hydrogen-bond donors (Lipinski definition) is 1. The lowest BCUT2D eigenvalue weighted by atomic mass is 9.83. The monoisotopic (exact) mass is 377 g/mol. The maximum Gasteiger partial charge on any atom is 0.257 e. The molecule has 3 rings (SSSR count). The van der Waals surface area contributed by atoms with Gasteiger partial charge in [-0.25, -0.2) is 0 Å². The predicted octanol–water partition coefficient (Wildman–Crippen LogP) is 4.05. The molecule has 0 fully saturated rings. The lowest BCUT2D eigenvalue weighted by Gasteiger charge is -2.39. The van der Waals surface area contributed by atoms with E-state index in [1.165, 1.54) is 0 Å². The van der Waals surface area contributed by atoms with Crippen molar-refractivity contribution in [1.29, 1.82) is 0 Å². The standard InChI is InChI=1S/C23H27N3O2/c1-6-11-20(27)26-18-13-8-7-12-17(18)16(2)23(26,19-14-9-10-15-24-19)21(28)25-22(3,4)5/h7-10,12-15H,2,6,11H2,1,3-5H3,(H,25,28). The smallest absolute Gasteiger partial charge is 0.257 e. The van der Waals surface area contributed by atoms with E-state index in [0.29, 0.717) is 29.8 Å². The lowest BCUT2D eigenvalue weighted by Crippen LogP contribution is -2.60. The van der Waals surface area contributed by atoms with Crippen LogP contribution < -0.4 is 10.2 Å². The maximum atomic E-state index is 13.8. The summed E-state index contributed by atoms with van der Waals surface area (Å²) in [5.41, 5.74) is 0.649. The number of nitrogens with one attached hydrogen (secondary N) is 1. The molecule has 0 spiro atoms. The number of rotatable bonds is 4. The van der Waals surface area contributed by atoms with Crippen molar-refractivity contribution in [3.8, 4) is 0 Å². The van der Waals surface area contributed by atoms with Gasteiger partial charge in [0.1, 0.15) is 0 Å². The molecule has 0 bridgehead atoms. The van der Waals surface area contributed by atoms with Crippen LogP contribution in [0.2, 0.25) is 0 Å². The van der Waals surface area contributed by atoms with Crippen molar-refractivity contribution in [2.45, 2.75) is 51.6 Å². The molecular formula is C23H27N3O2. The second kappa shape index (κ2) is 7.23. The minimum absolute atomic E-state index is 0.122. The molecule has 28 heavy (non-hydrogen) atoms. The van der Waals surface area contributed by atoms with Gasteiger partial charge in [-0.05, 0) is 51.0 Å². The van der Waals surface area contributed by atoms with Crippen LogP contribution in [0.25, 0.3) is 5.57 Å². The van der Waals surface area contributed by atoms with E-state index in [4.69, 9.17) is 0 Å². The molecule has 1 unspecified atom stereocenters. The van der Waals surface area contributed by atoms with Crippen LogP contribution in [-0.4, -0.2) is 22.3 Å². The summed E-state index contributed by atoms with van der Waals surface area (Å²) in [4.78, 5) is 33.2. The third kappa shape index (κ3) is 3.11. The Morgan fingerprint density at radius 1 is 1.14 bits per heavy atom. The third-order valence-corrected chi connectivity index (χ3v) is 4.81. The summed E-state index contributed by atoms with van der Waals surface area (Å²) >= 11 is 0. The number of anilines is 1. The van der Waals surface area contributed by atoms with Gasteiger partial charge in [0.15, 0.2) is 5.54 Å². The normalized spacial score (nSPS) is 18.7. The molecule has 1 aliphatic heterocycles. The quantitative estimate of drug-likeness (QED) is 0.874. The average molecular weight is 377 g/mol. The van der Waals surface area contributed by atoms with Crippen molar-refractivity contribution in [2.24, 2.45) is 0 Å². The van der Waals surface area contributed by atoms with E-state index < -0.39 is 11.1 Å². The zero-order valence-electron chi connectivity index (χ0n) is 17.0. The topological polar surface area (TPSA) is 62.3 Å². The summed E-state index contributed by atoms with van der Waals surface area (Å²) in [7, 11) is 0. The van der Waals surface area contributed by atoms with Gasteiger partial charge in [0.25, 0.3) is 5.91 Å². The SMILES string of the molecule is C=C1c2ccccc2N(C(=O)CCC)C1(C(=O)NC(C)(C)C)c1ccccn1. The first-order valence-corrected chi connectivity index (χ1v) is 9.59. The number of aromatic nitrogens is 1. The van der Waals surface area contributed by atoms with Gasteiger partial charge < -0.3 is 5.32 Å². The van der Waals surface area contributed by atoms with E-state index in [0.717, 1.165) is 5.56 Å². The Bertz CT molecular complexity index is 915. The molecule has 2 heterocycles. The van der Waals surface area contributed by atoms with Gasteiger partial charge >= 0.3 is 0 Å². The number of nitrogens with zero attached hydrogens (tertiary/aromatic N) is 2. The highest BCUT2D eigenvalue weighted by Gasteiger charge is 2.57. The fraction of sp³-hybridized carbons (Fsp3) is 0.348. The second-order valence-corrected chi connectivity index (χ2v) is 8.10. The molecule has 1 aliphatic rings. The van der Waals surface area contributed by atoms with Gasteiger partial charge in [0.05, 0.1) is 11.4 Å². The molecule has 0 saturated heterocycles. The van der Waals surface area contributed by atoms with Crippen LogP contribution in [0, 0.1) is 0 Å². The van der Waals surface area contributed by atoms with Crippen molar-refractivity contribution in [3.63, 3.8) is 0 Å². The van der Waals surface area contributed by atoms with Crippen LogP contribution >= 0.6 is 0 Å². The summed E-state index contributed by atoms with van der Waals surface area (Å²) in [6.07, 6.45) is 2.66. The van der Waals surface area contributed by atoms with Crippen molar-refractivity contribution >= 4 is 23.1 Å². The summed E-state index contributed by atoms with van der Waals surface area (Å²) in [5, 5.41) is 3.06. The van der Waals surface area contributed by atoms with Crippen LogP contribution in [0.1, 0.15) is 51.8 Å². The number of pyridine rings is 1. The Balaban J connectivity index is 2.31. The van der Waals surface area contributed by atoms with E-state index in [2.05, 4.69) is 16.9 Å². The first-order valence-electron chi connectivity index (χ1n) is 9.59. The summed E-state index contributed by atoms with van der Waals surface area (Å²) in [6, 6.07) is 12.9. The summed E-state index contributed by atoms with van der Waals surface area (Å²) < 4.78 is 0. The van der Waals surface area contributed by atoms with Crippen molar-refractivity contribution < 1.29 is 9.59 Å². The molecule has 5 heteroatoms. The summed E-state index contributed by atoms with van der Waals surface area (Å²) in [5.74, 6) is -0.423. The number of para-hydroxylation sites is 1. The first kappa shape index (κ1) is 19.8. The van der Waals surface area contributed by atoms with Gasteiger partial charge in [0.2, 0.25) is 5.91 Å². The fourth-order valence-electron chi connectivity index (χ4n) is 3.71. The Hall–Kier alpha value is -2.95. The van der Waals surface area contributed by atoms with Gasteiger partial charge in [0, 0.05) is 23.7 Å². The Labute approximate surface area is 166 Å². The van der Waals surface area contributed by atoms with Crippen molar-refractivity contribution in [2.75, 3.05) is 4.90 Å². The van der Waals surface area contributed by atoms with Crippen molar-refractivity contribution in [3.05, 3.63) is 66.5 Å². The molecular weight excluding hydrogens is 350 g/mol. The Morgan fingerprint density at radius 3 is 2.43 bits per heavy atom. The van der Waals surface area contributed by atoms with Crippen LogP contribution in [0.15, 0.2) is 55.2 Å². The zero-order chi connectivity index (χ0) is 20.5. The zero-order valence-corrected chi connectivity index (χ0v) is 17.0. The number of fused-ring (bicyclic) bond motifs is 1. The molecule has 1 aromatic heterocycles. The number of amides is 2. The number of carbonyl (C=O) groups excluding carboxylic acids is 2. The van der Waals surface area contributed by atoms with Crippen LogP contribution in [0.4, 0.5) is 5.69 Å². The molecule has 0 saturated carbocycles. The van der Waals surface area contributed by atoms with Crippen LogP contribution in [0.5, 0.6) is 0 Å². The average Bonchev–Trinajstić information content (AvgIpc) is 2.91. The molecule has 5 nitrogen and oxygen atoms in total. The lowest BCUT2D eigenvalue weighted by molar-refractivity contribution is -0.130. The first-order chi connectivity index (χ1) is 13.2. The minimum atomic E-state index is -1.41. The largest absolute Gasteiger partial charge is 0.349 e. The van der Waals surface area contributed by atoms with E-state index in [9.17, 15) is 9.59 Å². The maximum absolute atomic E-state index is 13.8. The van der Waals surface area contributed by atoms with Crippen molar-refractivity contribution in [1.82, 2.24) is 10.3 Å². The van der Waals surface area contributed by atoms with Gasteiger partial charge in [-0.2, -0.15) is 0 Å². The number of benzene rings is 1. The number of hydrogen-bond acceptors (Lipinski definition) is 3. The molecule has 0 radical (unpaired) electrons. The molecule has 2 aromatic rings. The third-order valence-electron chi connectivity index (χ3n) is 4.81. The molecule has 1 atom stereocenters. The molecule has 0 aliphatic carbocycles. The van der Waals surface area contributed by atoms with Crippen LogP contribution in [0.3, 0.4) is 0 Å². The Morgan fingerprint density at radius 2 is 1.82 bits per heavy atom. The molecule has 146 valence electrons. The minimum Gasteiger partial charge on any atom is -0.349 e. The molecule has 2 amide bonds. The molecule has 1 N–H and O–H groups in total. The van der Waals surface area contributed by atoms with Gasteiger partial charge in [-0.3, -0.25) is 19.5 Å². The van der Waals surface area contributed by atoms with E-state index in [1.54, 1.807) is 23.2 Å². The molecule has 1 aromatic carbocycles. The van der Waals surface area contributed by atoms with E-state index >= 15 is 0 Å². The number of carbonyl (C=O) groups is 2. The van der Waals surface area contributed by atoms with E-state index in [-0.39, 0.29) is 11.8 Å². The van der Waals surface area contributed by atoms with E-state index in [1.807, 2.05) is 58.0 Å². The second-order valence-electron chi connectivity index (χ2n) is 8.10. The van der Waals surface area contributed by atoms with Crippen LogP contribution in [-0.2, 0) is 15.1 Å². The summed E-state index contributed by atoms with van der Waals surface area (Å²) in [6.45, 7) is 12.0. The highest BCUT2D eigenvalue weighted by atomic mass is 16.2. The predicted molar refractivity (Wildman–Crippen MR) is 112 cm³/mol.